The van der Waals surface area contributed by atoms with E-state index in [0.717, 1.165) is 18.3 Å². The van der Waals surface area contributed by atoms with Gasteiger partial charge < -0.3 is 4.90 Å². The van der Waals surface area contributed by atoms with Gasteiger partial charge in [-0.2, -0.15) is 0 Å². The molecular formula is C17H18BrN2S+. The lowest BCUT2D eigenvalue weighted by Crippen LogP contribution is -2.32. The van der Waals surface area contributed by atoms with Crippen LogP contribution in [0.25, 0.3) is 6.08 Å². The zero-order valence-electron chi connectivity index (χ0n) is 12.0. The van der Waals surface area contributed by atoms with Gasteiger partial charge in [-0.15, -0.1) is 0 Å². The van der Waals surface area contributed by atoms with Gasteiger partial charge in [0.2, 0.25) is 0 Å². The topological polar surface area (TPSA) is 7.12 Å². The monoisotopic (exact) mass is 361 g/mol. The van der Waals surface area contributed by atoms with Crippen LogP contribution in [-0.4, -0.2) is 12.4 Å². The number of hydrogen-bond acceptors (Lipinski definition) is 2. The number of nitrogens with zero attached hydrogens (tertiary/aromatic N) is 2. The molecule has 0 aliphatic carbocycles. The van der Waals surface area contributed by atoms with Gasteiger partial charge in [0.1, 0.15) is 6.54 Å². The van der Waals surface area contributed by atoms with Crippen LogP contribution < -0.4 is 9.47 Å². The first-order valence-electron chi connectivity index (χ1n) is 7.05. The minimum Gasteiger partial charge on any atom is -0.338 e. The summed E-state index contributed by atoms with van der Waals surface area (Å²) in [6, 6.07) is 12.9. The Morgan fingerprint density at radius 1 is 1.19 bits per heavy atom. The SMILES string of the molecule is CN1C(=Cc2cc[n+](CCCBr)cc2)Sc2ccccc21. The molecule has 108 valence electrons. The summed E-state index contributed by atoms with van der Waals surface area (Å²) >= 11 is 5.30. The predicted molar refractivity (Wildman–Crippen MR) is 93.7 cm³/mol. The molecule has 1 aromatic carbocycles. The smallest absolute Gasteiger partial charge is 0.169 e. The minimum atomic E-state index is 1.05. The third-order valence-corrected chi connectivity index (χ3v) is 5.26. The van der Waals surface area contributed by atoms with Crippen LogP contribution >= 0.6 is 27.7 Å². The Morgan fingerprint density at radius 3 is 2.67 bits per heavy atom. The second kappa shape index (κ2) is 6.67. The maximum atomic E-state index is 3.47. The van der Waals surface area contributed by atoms with Crippen molar-refractivity contribution in [2.45, 2.75) is 17.9 Å². The van der Waals surface area contributed by atoms with Crippen molar-refractivity contribution < 1.29 is 4.57 Å². The molecule has 0 bridgehead atoms. The molecule has 1 aromatic heterocycles. The summed E-state index contributed by atoms with van der Waals surface area (Å²) in [6.45, 7) is 1.06. The highest BCUT2D eigenvalue weighted by molar-refractivity contribution is 9.09. The number of anilines is 1. The van der Waals surface area contributed by atoms with Crippen LogP contribution in [0, 0.1) is 0 Å². The lowest BCUT2D eigenvalue weighted by atomic mass is 10.2. The molecule has 4 heteroatoms. The summed E-state index contributed by atoms with van der Waals surface area (Å²) in [4.78, 5) is 3.58. The average molecular weight is 362 g/mol. The number of hydrogen-bond donors (Lipinski definition) is 0. The van der Waals surface area contributed by atoms with Crippen molar-refractivity contribution in [3.05, 3.63) is 59.4 Å². The van der Waals surface area contributed by atoms with Gasteiger partial charge in [-0.3, -0.25) is 0 Å². The molecule has 2 nitrogen and oxygen atoms in total. The standard InChI is InChI=1S/C17H18BrN2S/c1-19-15-5-2-3-6-16(15)21-17(19)13-14-7-11-20(12-8-14)10-4-9-18/h2-3,5-8,11-13H,4,9-10H2,1H3/q+1. The summed E-state index contributed by atoms with van der Waals surface area (Å²) in [5.74, 6) is 0. The summed E-state index contributed by atoms with van der Waals surface area (Å²) in [6.07, 6.45) is 7.71. The number of fused-ring (bicyclic) bond motifs is 1. The van der Waals surface area contributed by atoms with Crippen molar-refractivity contribution in [1.82, 2.24) is 0 Å². The van der Waals surface area contributed by atoms with Crippen molar-refractivity contribution in [2.75, 3.05) is 17.3 Å². The van der Waals surface area contributed by atoms with Crippen LogP contribution in [0.1, 0.15) is 12.0 Å². The van der Waals surface area contributed by atoms with E-state index in [4.69, 9.17) is 0 Å². The highest BCUT2D eigenvalue weighted by Crippen LogP contribution is 2.45. The Balaban J connectivity index is 1.77. The van der Waals surface area contributed by atoms with Gasteiger partial charge in [0.05, 0.1) is 10.7 Å². The second-order valence-corrected chi connectivity index (χ2v) is 6.88. The molecule has 0 radical (unpaired) electrons. The van der Waals surface area contributed by atoms with E-state index < -0.39 is 0 Å². The Kier molecular flexibility index (Phi) is 4.66. The van der Waals surface area contributed by atoms with Crippen molar-refractivity contribution in [1.29, 1.82) is 0 Å². The average Bonchev–Trinajstić information content (AvgIpc) is 2.83. The molecule has 21 heavy (non-hydrogen) atoms. The van der Waals surface area contributed by atoms with E-state index in [-0.39, 0.29) is 0 Å². The molecule has 2 heterocycles. The van der Waals surface area contributed by atoms with Gasteiger partial charge >= 0.3 is 0 Å². The number of halogens is 1. The first-order chi connectivity index (χ1) is 10.3. The molecule has 1 aliphatic rings. The molecule has 0 N–H and O–H groups in total. The highest BCUT2D eigenvalue weighted by atomic mass is 79.9. The number of rotatable bonds is 4. The molecule has 0 atom stereocenters. The highest BCUT2D eigenvalue weighted by Gasteiger charge is 2.20. The van der Waals surface area contributed by atoms with Gasteiger partial charge in [-0.25, -0.2) is 4.57 Å². The van der Waals surface area contributed by atoms with Gasteiger partial charge in [0.15, 0.2) is 12.4 Å². The van der Waals surface area contributed by atoms with Crippen molar-refractivity contribution in [3.63, 3.8) is 0 Å². The van der Waals surface area contributed by atoms with Gasteiger partial charge in [0, 0.05) is 35.8 Å². The van der Waals surface area contributed by atoms with E-state index in [1.807, 2.05) is 11.8 Å². The first-order valence-corrected chi connectivity index (χ1v) is 8.99. The number of alkyl halides is 1. The van der Waals surface area contributed by atoms with Crippen LogP contribution in [0.2, 0.25) is 0 Å². The van der Waals surface area contributed by atoms with Crippen LogP contribution in [0.15, 0.2) is 58.7 Å². The maximum Gasteiger partial charge on any atom is 0.169 e. The quantitative estimate of drug-likeness (QED) is 0.591. The molecule has 0 spiro atoms. The maximum absolute atomic E-state index is 3.47. The van der Waals surface area contributed by atoms with Crippen LogP contribution in [-0.2, 0) is 6.54 Å². The summed E-state index contributed by atoms with van der Waals surface area (Å²) in [5.41, 5.74) is 2.53. The Labute approximate surface area is 138 Å². The normalized spacial score (nSPS) is 15.5. The third-order valence-electron chi connectivity index (χ3n) is 3.53. The van der Waals surface area contributed by atoms with Crippen LogP contribution in [0.5, 0.6) is 0 Å². The lowest BCUT2D eigenvalue weighted by molar-refractivity contribution is -0.696. The van der Waals surface area contributed by atoms with Crippen molar-refractivity contribution in [3.8, 4) is 0 Å². The van der Waals surface area contributed by atoms with Crippen LogP contribution in [0.4, 0.5) is 5.69 Å². The fourth-order valence-corrected chi connectivity index (χ4v) is 3.71. The number of thioether (sulfide) groups is 1. The summed E-state index contributed by atoms with van der Waals surface area (Å²) < 4.78 is 2.23. The predicted octanol–water partition coefficient (Wildman–Crippen LogP) is 4.30. The molecule has 3 rings (SSSR count). The van der Waals surface area contributed by atoms with Gasteiger partial charge in [-0.05, 0) is 23.8 Å². The zero-order valence-corrected chi connectivity index (χ0v) is 14.4. The number of aromatic nitrogens is 1. The molecule has 0 saturated carbocycles. The Hall–Kier alpha value is -1.26. The van der Waals surface area contributed by atoms with Crippen molar-refractivity contribution in [2.24, 2.45) is 0 Å². The van der Waals surface area contributed by atoms with E-state index in [0.29, 0.717) is 0 Å². The van der Waals surface area contributed by atoms with Gasteiger partial charge in [-0.1, -0.05) is 39.8 Å². The van der Waals surface area contributed by atoms with Gasteiger partial charge in [0.25, 0.3) is 0 Å². The third kappa shape index (κ3) is 3.33. The van der Waals surface area contributed by atoms with Crippen LogP contribution in [0.3, 0.4) is 0 Å². The Bertz CT molecular complexity index is 652. The molecular weight excluding hydrogens is 344 g/mol. The van der Waals surface area contributed by atoms with E-state index >= 15 is 0 Å². The zero-order chi connectivity index (χ0) is 14.7. The molecule has 2 aromatic rings. The minimum absolute atomic E-state index is 1.05. The Morgan fingerprint density at radius 2 is 1.95 bits per heavy atom. The largest absolute Gasteiger partial charge is 0.338 e. The molecule has 0 saturated heterocycles. The number of aryl methyl sites for hydroxylation is 1. The fraction of sp³-hybridized carbons (Fsp3) is 0.235. The second-order valence-electron chi connectivity index (χ2n) is 5.02. The van der Waals surface area contributed by atoms with E-state index in [2.05, 4.69) is 87.3 Å². The molecule has 1 aliphatic heterocycles. The molecule has 0 fully saturated rings. The number of para-hydroxylation sites is 1. The number of pyridine rings is 1. The molecule has 0 amide bonds. The summed E-state index contributed by atoms with van der Waals surface area (Å²) in [7, 11) is 2.13. The lowest BCUT2D eigenvalue weighted by Gasteiger charge is -2.13. The van der Waals surface area contributed by atoms with E-state index in [9.17, 15) is 0 Å². The van der Waals surface area contributed by atoms with E-state index in [1.165, 1.54) is 21.2 Å². The van der Waals surface area contributed by atoms with Crippen molar-refractivity contribution >= 4 is 39.5 Å². The first kappa shape index (κ1) is 14.7. The van der Waals surface area contributed by atoms with E-state index in [1.54, 1.807) is 0 Å². The number of benzene rings is 1. The summed E-state index contributed by atoms with van der Waals surface area (Å²) in [5, 5.41) is 2.32. The molecule has 0 unspecified atom stereocenters. The fourth-order valence-electron chi connectivity index (χ4n) is 2.35.